The maximum atomic E-state index is 12.5. The molecule has 0 heterocycles. The fourth-order valence-corrected chi connectivity index (χ4v) is 2.71. The van der Waals surface area contributed by atoms with E-state index in [1.165, 1.54) is 0 Å². The molecule has 0 spiro atoms. The van der Waals surface area contributed by atoms with Crippen LogP contribution in [0.15, 0.2) is 18.2 Å². The van der Waals surface area contributed by atoms with Crippen LogP contribution in [-0.4, -0.2) is 28.8 Å². The molecule has 24 heavy (non-hydrogen) atoms. The maximum Gasteiger partial charge on any atom is 0.242 e. The summed E-state index contributed by atoms with van der Waals surface area (Å²) in [5, 5.41) is 3.96. The number of halogens is 2. The van der Waals surface area contributed by atoms with E-state index in [2.05, 4.69) is 5.32 Å². The third-order valence-corrected chi connectivity index (χ3v) is 4.57. The molecule has 2 atom stereocenters. The fourth-order valence-electron chi connectivity index (χ4n) is 2.24. The number of nitrogens with one attached hydrogen (secondary N) is 1. The number of nitrogens with zero attached hydrogens (tertiary/aromatic N) is 1. The lowest BCUT2D eigenvalue weighted by Crippen LogP contribution is -2.49. The zero-order valence-corrected chi connectivity index (χ0v) is 16.2. The van der Waals surface area contributed by atoms with Gasteiger partial charge in [0.15, 0.2) is 0 Å². The zero-order chi connectivity index (χ0) is 18.3. The first-order valence-electron chi connectivity index (χ1n) is 8.33. The van der Waals surface area contributed by atoms with Gasteiger partial charge in [-0.3, -0.25) is 9.59 Å². The Balaban J connectivity index is 2.98. The summed E-state index contributed by atoms with van der Waals surface area (Å²) in [7, 11) is 0. The molecule has 0 aliphatic heterocycles. The molecule has 1 aromatic carbocycles. The lowest BCUT2D eigenvalue weighted by molar-refractivity contribution is -0.140. The molecule has 4 nitrogen and oxygen atoms in total. The van der Waals surface area contributed by atoms with Crippen LogP contribution >= 0.6 is 23.2 Å². The molecule has 0 aromatic heterocycles. The monoisotopic (exact) mass is 372 g/mol. The van der Waals surface area contributed by atoms with E-state index in [9.17, 15) is 9.59 Å². The third-order valence-electron chi connectivity index (χ3n) is 3.99. The van der Waals surface area contributed by atoms with Gasteiger partial charge >= 0.3 is 0 Å². The number of benzene rings is 1. The summed E-state index contributed by atoms with van der Waals surface area (Å²) in [4.78, 5) is 26.5. The van der Waals surface area contributed by atoms with Crippen molar-refractivity contribution in [2.24, 2.45) is 0 Å². The van der Waals surface area contributed by atoms with Gasteiger partial charge in [0.1, 0.15) is 6.04 Å². The minimum Gasteiger partial charge on any atom is -0.352 e. The first-order chi connectivity index (χ1) is 11.3. The van der Waals surface area contributed by atoms with Gasteiger partial charge in [-0.1, -0.05) is 43.1 Å². The van der Waals surface area contributed by atoms with Crippen LogP contribution in [0.2, 0.25) is 10.0 Å². The van der Waals surface area contributed by atoms with Crippen LogP contribution in [0.5, 0.6) is 0 Å². The number of amides is 2. The predicted octanol–water partition coefficient (Wildman–Crippen LogP) is 4.43. The van der Waals surface area contributed by atoms with E-state index in [4.69, 9.17) is 23.2 Å². The van der Waals surface area contributed by atoms with Crippen LogP contribution in [0.3, 0.4) is 0 Å². The Labute approximate surface area is 154 Å². The fraction of sp³-hybridized carbons (Fsp3) is 0.556. The number of carbonyl (C=O) groups is 2. The highest BCUT2D eigenvalue weighted by molar-refractivity contribution is 6.35. The van der Waals surface area contributed by atoms with E-state index in [-0.39, 0.29) is 24.4 Å². The van der Waals surface area contributed by atoms with Gasteiger partial charge in [-0.15, -0.1) is 0 Å². The van der Waals surface area contributed by atoms with Gasteiger partial charge in [0.25, 0.3) is 0 Å². The second-order valence-electron chi connectivity index (χ2n) is 6.00. The molecule has 134 valence electrons. The number of rotatable bonds is 8. The van der Waals surface area contributed by atoms with E-state index in [0.717, 1.165) is 18.4 Å². The molecule has 1 rings (SSSR count). The van der Waals surface area contributed by atoms with Crippen molar-refractivity contribution in [2.45, 2.75) is 65.6 Å². The highest BCUT2D eigenvalue weighted by Crippen LogP contribution is 2.23. The van der Waals surface area contributed by atoms with Gasteiger partial charge in [0, 0.05) is 29.1 Å². The second-order valence-corrected chi connectivity index (χ2v) is 6.84. The van der Waals surface area contributed by atoms with E-state index in [1.54, 1.807) is 30.0 Å². The smallest absolute Gasteiger partial charge is 0.242 e. The molecule has 0 saturated carbocycles. The standard InChI is InChI=1S/C18H26Cl2N2O2/c1-5-7-17(23)22(13(4)18(24)21-12(3)6-2)11-14-8-9-15(19)10-16(14)20/h8-10,12-13H,5-7,11H2,1-4H3,(H,21,24)/t12-,13-/m0/s1. The van der Waals surface area contributed by atoms with E-state index in [0.29, 0.717) is 16.5 Å². The maximum absolute atomic E-state index is 12.5. The van der Waals surface area contributed by atoms with Crippen LogP contribution in [0.25, 0.3) is 0 Å². The summed E-state index contributed by atoms with van der Waals surface area (Å²) in [6, 6.07) is 4.67. The van der Waals surface area contributed by atoms with E-state index >= 15 is 0 Å². The van der Waals surface area contributed by atoms with Gasteiger partial charge in [0.05, 0.1) is 0 Å². The molecule has 0 aliphatic carbocycles. The quantitative estimate of drug-likeness (QED) is 0.733. The summed E-state index contributed by atoms with van der Waals surface area (Å²) >= 11 is 12.1. The van der Waals surface area contributed by atoms with Gasteiger partial charge < -0.3 is 10.2 Å². The molecule has 0 bridgehead atoms. The summed E-state index contributed by atoms with van der Waals surface area (Å²) in [5.41, 5.74) is 0.772. The molecular formula is C18H26Cl2N2O2. The largest absolute Gasteiger partial charge is 0.352 e. The van der Waals surface area contributed by atoms with Crippen molar-refractivity contribution >= 4 is 35.0 Å². The molecule has 2 amide bonds. The predicted molar refractivity (Wildman–Crippen MR) is 99.3 cm³/mol. The molecule has 0 saturated heterocycles. The Kier molecular flexibility index (Phi) is 8.57. The molecule has 1 aromatic rings. The van der Waals surface area contributed by atoms with Gasteiger partial charge in [-0.2, -0.15) is 0 Å². The van der Waals surface area contributed by atoms with E-state index < -0.39 is 6.04 Å². The van der Waals surface area contributed by atoms with Gasteiger partial charge in [-0.25, -0.2) is 0 Å². The van der Waals surface area contributed by atoms with Crippen LogP contribution in [0.1, 0.15) is 52.5 Å². The van der Waals surface area contributed by atoms with Gasteiger partial charge in [0.2, 0.25) is 11.8 Å². The Bertz CT molecular complexity index is 578. The molecule has 0 unspecified atom stereocenters. The number of hydrogen-bond donors (Lipinski definition) is 1. The Hall–Kier alpha value is -1.26. The van der Waals surface area contributed by atoms with Crippen molar-refractivity contribution in [1.29, 1.82) is 0 Å². The SMILES string of the molecule is CCCC(=O)N(Cc1ccc(Cl)cc1Cl)[C@@H](C)C(=O)N[C@@H](C)CC. The average molecular weight is 373 g/mol. The summed E-state index contributed by atoms with van der Waals surface area (Å²) < 4.78 is 0. The molecule has 0 radical (unpaired) electrons. The minimum atomic E-state index is -0.565. The lowest BCUT2D eigenvalue weighted by Gasteiger charge is -2.30. The van der Waals surface area contributed by atoms with Crippen LogP contribution in [0, 0.1) is 0 Å². The van der Waals surface area contributed by atoms with Crippen LogP contribution in [-0.2, 0) is 16.1 Å². The summed E-state index contributed by atoms with van der Waals surface area (Å²) in [6.07, 6.45) is 1.96. The molecular weight excluding hydrogens is 347 g/mol. The van der Waals surface area contributed by atoms with E-state index in [1.807, 2.05) is 20.8 Å². The Morgan fingerprint density at radius 2 is 1.88 bits per heavy atom. The van der Waals surface area contributed by atoms with Crippen molar-refractivity contribution < 1.29 is 9.59 Å². The topological polar surface area (TPSA) is 49.4 Å². The van der Waals surface area contributed by atoms with Gasteiger partial charge in [-0.05, 0) is 44.4 Å². The molecule has 1 N–H and O–H groups in total. The average Bonchev–Trinajstić information content (AvgIpc) is 2.53. The van der Waals surface area contributed by atoms with Crippen molar-refractivity contribution in [3.63, 3.8) is 0 Å². The molecule has 0 fully saturated rings. The zero-order valence-electron chi connectivity index (χ0n) is 14.7. The first-order valence-corrected chi connectivity index (χ1v) is 9.09. The van der Waals surface area contributed by atoms with Crippen molar-refractivity contribution in [1.82, 2.24) is 10.2 Å². The number of hydrogen-bond acceptors (Lipinski definition) is 2. The second kappa shape index (κ2) is 9.90. The number of carbonyl (C=O) groups excluding carboxylic acids is 2. The van der Waals surface area contributed by atoms with Crippen molar-refractivity contribution in [3.8, 4) is 0 Å². The van der Waals surface area contributed by atoms with Crippen molar-refractivity contribution in [3.05, 3.63) is 33.8 Å². The first kappa shape index (κ1) is 20.8. The minimum absolute atomic E-state index is 0.0599. The summed E-state index contributed by atoms with van der Waals surface area (Å²) in [6.45, 7) is 7.91. The summed E-state index contributed by atoms with van der Waals surface area (Å²) in [5.74, 6) is -0.214. The Morgan fingerprint density at radius 1 is 1.21 bits per heavy atom. The highest BCUT2D eigenvalue weighted by atomic mass is 35.5. The Morgan fingerprint density at radius 3 is 2.42 bits per heavy atom. The highest BCUT2D eigenvalue weighted by Gasteiger charge is 2.26. The molecule has 0 aliphatic rings. The lowest BCUT2D eigenvalue weighted by atomic mass is 10.1. The van der Waals surface area contributed by atoms with Crippen LogP contribution in [0.4, 0.5) is 0 Å². The third kappa shape index (κ3) is 5.99. The van der Waals surface area contributed by atoms with Crippen molar-refractivity contribution in [2.75, 3.05) is 0 Å². The normalized spacial score (nSPS) is 13.2. The molecule has 6 heteroatoms. The van der Waals surface area contributed by atoms with Crippen LogP contribution < -0.4 is 5.32 Å².